The summed E-state index contributed by atoms with van der Waals surface area (Å²) in [7, 11) is 0. The maximum Gasteiger partial charge on any atom is 0.233 e. The van der Waals surface area contributed by atoms with Gasteiger partial charge in [0, 0.05) is 12.6 Å². The van der Waals surface area contributed by atoms with E-state index in [0.717, 1.165) is 6.42 Å². The first kappa shape index (κ1) is 14.1. The number of aryl methyl sites for hydroxylation is 1. The molecule has 1 aliphatic carbocycles. The second-order valence-corrected chi connectivity index (χ2v) is 5.45. The Morgan fingerprint density at radius 1 is 1.32 bits per heavy atom. The van der Waals surface area contributed by atoms with E-state index >= 15 is 0 Å². The molecule has 0 radical (unpaired) electrons. The molecule has 1 fully saturated rings. The molecule has 3 nitrogen and oxygen atoms in total. The molecule has 2 rings (SSSR count). The van der Waals surface area contributed by atoms with Crippen molar-refractivity contribution < 1.29 is 4.79 Å². The van der Waals surface area contributed by atoms with Gasteiger partial charge in [-0.2, -0.15) is 0 Å². The van der Waals surface area contributed by atoms with Gasteiger partial charge in [-0.1, -0.05) is 42.7 Å². The monoisotopic (exact) mass is 260 g/mol. The van der Waals surface area contributed by atoms with Crippen LogP contribution < -0.4 is 10.6 Å². The number of carbonyl (C=O) groups is 1. The Labute approximate surface area is 115 Å². The molecule has 0 bridgehead atoms. The van der Waals surface area contributed by atoms with Crippen molar-refractivity contribution in [3.63, 3.8) is 0 Å². The maximum absolute atomic E-state index is 11.7. The van der Waals surface area contributed by atoms with Gasteiger partial charge in [0.05, 0.1) is 6.54 Å². The second kappa shape index (κ2) is 7.29. The van der Waals surface area contributed by atoms with Crippen LogP contribution in [-0.4, -0.2) is 25.0 Å². The van der Waals surface area contributed by atoms with E-state index in [0.29, 0.717) is 19.1 Å². The molecule has 0 atom stereocenters. The third-order valence-electron chi connectivity index (χ3n) is 3.72. The molecule has 2 N–H and O–H groups in total. The zero-order valence-electron chi connectivity index (χ0n) is 11.7. The van der Waals surface area contributed by atoms with Crippen molar-refractivity contribution in [3.05, 3.63) is 35.4 Å². The lowest BCUT2D eigenvalue weighted by atomic mass is 10.1. The minimum Gasteiger partial charge on any atom is -0.355 e. The Morgan fingerprint density at radius 3 is 2.84 bits per heavy atom. The molecule has 0 saturated heterocycles. The lowest BCUT2D eigenvalue weighted by molar-refractivity contribution is -0.120. The number of carbonyl (C=O) groups excluding carboxylic acids is 1. The number of amides is 1. The summed E-state index contributed by atoms with van der Waals surface area (Å²) in [6.07, 6.45) is 5.93. The molecule has 0 spiro atoms. The van der Waals surface area contributed by atoms with Crippen LogP contribution in [0.1, 0.15) is 36.8 Å². The number of hydrogen-bond acceptors (Lipinski definition) is 2. The number of benzene rings is 1. The molecule has 0 heterocycles. The van der Waals surface area contributed by atoms with Gasteiger partial charge in [-0.3, -0.25) is 4.79 Å². The molecule has 1 aliphatic rings. The van der Waals surface area contributed by atoms with Crippen LogP contribution in [0, 0.1) is 6.92 Å². The lowest BCUT2D eigenvalue weighted by Crippen LogP contribution is -2.38. The quantitative estimate of drug-likeness (QED) is 0.823. The lowest BCUT2D eigenvalue weighted by Gasteiger charge is -2.11. The van der Waals surface area contributed by atoms with Crippen LogP contribution in [0.4, 0.5) is 0 Å². The molecule has 19 heavy (non-hydrogen) atoms. The van der Waals surface area contributed by atoms with Gasteiger partial charge in [0.2, 0.25) is 5.91 Å². The van der Waals surface area contributed by atoms with E-state index in [-0.39, 0.29) is 5.91 Å². The van der Waals surface area contributed by atoms with Crippen LogP contribution in [0.2, 0.25) is 0 Å². The number of nitrogens with one attached hydrogen (secondary N) is 2. The maximum atomic E-state index is 11.7. The molecule has 0 unspecified atom stereocenters. The van der Waals surface area contributed by atoms with Gasteiger partial charge in [0.1, 0.15) is 0 Å². The van der Waals surface area contributed by atoms with Crippen LogP contribution in [0.3, 0.4) is 0 Å². The summed E-state index contributed by atoms with van der Waals surface area (Å²) in [6, 6.07) is 8.99. The van der Waals surface area contributed by atoms with Crippen LogP contribution in [0.25, 0.3) is 0 Å². The highest BCUT2D eigenvalue weighted by atomic mass is 16.1. The minimum atomic E-state index is 0.111. The zero-order valence-corrected chi connectivity index (χ0v) is 11.7. The van der Waals surface area contributed by atoms with Crippen molar-refractivity contribution in [1.29, 1.82) is 0 Å². The first-order chi connectivity index (χ1) is 9.24. The van der Waals surface area contributed by atoms with Gasteiger partial charge in [-0.05, 0) is 31.7 Å². The van der Waals surface area contributed by atoms with Crippen molar-refractivity contribution in [3.8, 4) is 0 Å². The first-order valence-corrected chi connectivity index (χ1v) is 7.29. The van der Waals surface area contributed by atoms with Crippen molar-refractivity contribution in [2.24, 2.45) is 0 Å². The largest absolute Gasteiger partial charge is 0.355 e. The molecule has 3 heteroatoms. The molecule has 0 aliphatic heterocycles. The third kappa shape index (κ3) is 5.03. The topological polar surface area (TPSA) is 41.1 Å². The van der Waals surface area contributed by atoms with E-state index in [1.807, 2.05) is 0 Å². The van der Waals surface area contributed by atoms with Gasteiger partial charge in [-0.15, -0.1) is 0 Å². The van der Waals surface area contributed by atoms with Crippen molar-refractivity contribution in [1.82, 2.24) is 10.6 Å². The van der Waals surface area contributed by atoms with Gasteiger partial charge in [-0.25, -0.2) is 0 Å². The smallest absolute Gasteiger partial charge is 0.233 e. The summed E-state index contributed by atoms with van der Waals surface area (Å²) in [5.41, 5.74) is 2.55. The van der Waals surface area contributed by atoms with Gasteiger partial charge in [0.25, 0.3) is 0 Å². The Kier molecular flexibility index (Phi) is 5.40. The summed E-state index contributed by atoms with van der Waals surface area (Å²) in [5, 5.41) is 6.30. The van der Waals surface area contributed by atoms with E-state index in [2.05, 4.69) is 41.8 Å². The van der Waals surface area contributed by atoms with Crippen LogP contribution in [0.5, 0.6) is 0 Å². The van der Waals surface area contributed by atoms with Crippen LogP contribution in [0.15, 0.2) is 24.3 Å². The normalized spacial score (nSPS) is 15.6. The van der Waals surface area contributed by atoms with E-state index in [1.165, 1.54) is 36.8 Å². The van der Waals surface area contributed by atoms with E-state index in [1.54, 1.807) is 0 Å². The highest BCUT2D eigenvalue weighted by Crippen LogP contribution is 2.17. The summed E-state index contributed by atoms with van der Waals surface area (Å²) in [5.74, 6) is 0.111. The highest BCUT2D eigenvalue weighted by molar-refractivity contribution is 5.78. The van der Waals surface area contributed by atoms with E-state index < -0.39 is 0 Å². The second-order valence-electron chi connectivity index (χ2n) is 5.45. The highest BCUT2D eigenvalue weighted by Gasteiger charge is 2.14. The van der Waals surface area contributed by atoms with E-state index in [9.17, 15) is 4.79 Å². The average molecular weight is 260 g/mol. The summed E-state index contributed by atoms with van der Waals surface area (Å²) in [4.78, 5) is 11.7. The molecule has 104 valence electrons. The fourth-order valence-corrected chi connectivity index (χ4v) is 2.64. The SMILES string of the molecule is Cc1cccc(CCNC(=O)CNC2CCCC2)c1. The predicted octanol–water partition coefficient (Wildman–Crippen LogP) is 2.19. The van der Waals surface area contributed by atoms with Gasteiger partial charge in [0.15, 0.2) is 0 Å². The zero-order chi connectivity index (χ0) is 13.5. The molecular weight excluding hydrogens is 236 g/mol. The van der Waals surface area contributed by atoms with Crippen LogP contribution >= 0.6 is 0 Å². The minimum absolute atomic E-state index is 0.111. The number of hydrogen-bond donors (Lipinski definition) is 2. The molecule has 1 aromatic carbocycles. The van der Waals surface area contributed by atoms with Gasteiger partial charge < -0.3 is 10.6 Å². The van der Waals surface area contributed by atoms with Crippen molar-refractivity contribution >= 4 is 5.91 Å². The van der Waals surface area contributed by atoms with Gasteiger partial charge >= 0.3 is 0 Å². The standard InChI is InChI=1S/C16H24N2O/c1-13-5-4-6-14(11-13)9-10-17-16(19)12-18-15-7-2-3-8-15/h4-6,11,15,18H,2-3,7-10,12H2,1H3,(H,17,19). The Morgan fingerprint density at radius 2 is 2.11 bits per heavy atom. The molecule has 1 aromatic rings. The average Bonchev–Trinajstić information content (AvgIpc) is 2.89. The number of rotatable bonds is 6. The molecule has 1 amide bonds. The summed E-state index contributed by atoms with van der Waals surface area (Å²) < 4.78 is 0. The van der Waals surface area contributed by atoms with Crippen molar-refractivity contribution in [2.75, 3.05) is 13.1 Å². The summed E-state index contributed by atoms with van der Waals surface area (Å²) in [6.45, 7) is 3.26. The summed E-state index contributed by atoms with van der Waals surface area (Å²) >= 11 is 0. The first-order valence-electron chi connectivity index (χ1n) is 7.29. The molecule has 0 aromatic heterocycles. The Hall–Kier alpha value is -1.35. The Bertz CT molecular complexity index is 411. The Balaban J connectivity index is 1.60. The fraction of sp³-hybridized carbons (Fsp3) is 0.562. The molecular formula is C16H24N2O. The van der Waals surface area contributed by atoms with Crippen molar-refractivity contribution in [2.45, 2.75) is 45.1 Å². The van der Waals surface area contributed by atoms with Crippen LogP contribution in [-0.2, 0) is 11.2 Å². The molecule has 1 saturated carbocycles. The van der Waals surface area contributed by atoms with E-state index in [4.69, 9.17) is 0 Å². The fourth-order valence-electron chi connectivity index (χ4n) is 2.64. The predicted molar refractivity (Wildman–Crippen MR) is 78.2 cm³/mol. The third-order valence-corrected chi connectivity index (χ3v) is 3.72.